The van der Waals surface area contributed by atoms with Gasteiger partial charge < -0.3 is 5.73 Å². The van der Waals surface area contributed by atoms with Crippen molar-refractivity contribution >= 4 is 67.9 Å². The average Bonchev–Trinajstić information content (AvgIpc) is 1.56. The molecule has 0 radical (unpaired) electrons. The minimum absolute atomic E-state index is 0.0295. The van der Waals surface area contributed by atoms with Gasteiger partial charge in [-0.25, -0.2) is 56.9 Å². The number of fused-ring (bicyclic) bond motifs is 3. The van der Waals surface area contributed by atoms with E-state index < -0.39 is 69.8 Å². The van der Waals surface area contributed by atoms with Crippen LogP contribution in [-0.4, -0.2) is 69.5 Å². The van der Waals surface area contributed by atoms with Crippen LogP contribution in [-0.2, 0) is 63.0 Å². The molecule has 0 amide bonds. The number of nitrogens with two attached hydrogens (primary N) is 1. The Bertz CT molecular complexity index is 5280. The first-order valence-electron chi connectivity index (χ1n) is 30.7. The maximum absolute atomic E-state index is 14.7. The molecule has 0 saturated heterocycles. The third-order valence-corrected chi connectivity index (χ3v) is 21.0. The van der Waals surface area contributed by atoms with Crippen molar-refractivity contribution in [3.63, 3.8) is 0 Å². The monoisotopic (exact) mass is 1360 g/mol. The largest absolute Gasteiger partial charge is 0.397 e. The molecule has 23 heteroatoms. The Morgan fingerprint density at radius 2 is 0.896 bits per heavy atom. The third-order valence-electron chi connectivity index (χ3n) is 16.1. The smallest absolute Gasteiger partial charge is 0.282 e. The zero-order valence-electron chi connectivity index (χ0n) is 55.2. The Hall–Kier alpha value is -9.45. The van der Waals surface area contributed by atoms with Gasteiger partial charge in [-0.1, -0.05) is 111 Å². The third kappa shape index (κ3) is 15.1. The van der Waals surface area contributed by atoms with Crippen molar-refractivity contribution in [3.05, 3.63) is 244 Å². The van der Waals surface area contributed by atoms with Gasteiger partial charge in [-0.2, -0.15) is 15.3 Å². The van der Waals surface area contributed by atoms with Crippen LogP contribution in [0.1, 0.15) is 125 Å². The Balaban J connectivity index is 0.000000157. The highest BCUT2D eigenvalue weighted by atomic mass is 32.2. The molecule has 12 aromatic rings. The van der Waals surface area contributed by atoms with Gasteiger partial charge in [-0.3, -0.25) is 15.0 Å². The molecule has 498 valence electrons. The zero-order chi connectivity index (χ0) is 69.6. The summed E-state index contributed by atoms with van der Waals surface area (Å²) < 4.78 is 140. The first kappa shape index (κ1) is 69.4. The lowest BCUT2D eigenvalue weighted by Crippen LogP contribution is -2.15. The number of nitrogen functional groups attached to an aromatic ring is 1. The summed E-state index contributed by atoms with van der Waals surface area (Å²) in [5.74, 6) is -2.24. The minimum atomic E-state index is -4.06. The second kappa shape index (κ2) is 26.6. The van der Waals surface area contributed by atoms with Gasteiger partial charge in [-0.05, 0) is 169 Å². The van der Waals surface area contributed by atoms with Crippen LogP contribution in [0.5, 0.6) is 0 Å². The molecule has 0 aliphatic carbocycles. The molecule has 0 bridgehead atoms. The van der Waals surface area contributed by atoms with E-state index in [9.17, 15) is 42.8 Å². The van der Waals surface area contributed by atoms with E-state index >= 15 is 0 Å². The average molecular weight is 1360 g/mol. The highest BCUT2D eigenvalue weighted by Crippen LogP contribution is 2.35. The van der Waals surface area contributed by atoms with Gasteiger partial charge in [-0.15, -0.1) is 0 Å². The van der Waals surface area contributed by atoms with E-state index in [-0.39, 0.29) is 32.4 Å². The summed E-state index contributed by atoms with van der Waals surface area (Å²) in [6.07, 6.45) is 0.364. The number of sulfone groups is 3. The number of benzene rings is 6. The normalized spacial score (nSPS) is 12.5. The van der Waals surface area contributed by atoms with Crippen LogP contribution < -0.4 is 5.73 Å². The lowest BCUT2D eigenvalue weighted by molar-refractivity contribution is 0.145. The highest BCUT2D eigenvalue weighted by molar-refractivity contribution is 7.91. The standard InChI is InChI=1S/C25H27N3O2S.C24H22F3N3O2S.C24H25FN4O2S/c1-17-15-24(22-8-6-7-9-23(22)26-17)28-20(14-18(2)27-28)16-31(29,30)21-12-10-19(11-13-21)25(3,4)5;1-24(2,3)18-10-9-16(13-19(18)25)33(31,32)14-15-12-21(23(26)27)29-30(15)22-8-4-7-20-17(22)6-5-11-28-20;1-15-12-16(14-32(30,31)17-7-8-19(20(25)13-17)24(2,3)4)29(28-15)22-10-9-21(26)23-18(22)6-5-11-27-23/h6-15H,16H2,1-5H3;4-13,23H,14H2,1-3H3;5-13H,14,26H2,1-4H3. The van der Waals surface area contributed by atoms with Gasteiger partial charge in [0.25, 0.3) is 6.43 Å². The first-order chi connectivity index (χ1) is 45.0. The molecule has 6 aromatic heterocycles. The topological polar surface area (TPSA) is 221 Å². The van der Waals surface area contributed by atoms with Crippen molar-refractivity contribution in [2.75, 3.05) is 5.73 Å². The molecule has 0 unspecified atom stereocenters. The molecular weight excluding hydrogens is 1290 g/mol. The minimum Gasteiger partial charge on any atom is -0.397 e. The van der Waals surface area contributed by atoms with Gasteiger partial charge in [0, 0.05) is 34.2 Å². The summed E-state index contributed by atoms with van der Waals surface area (Å²) in [7, 11) is -11.4. The van der Waals surface area contributed by atoms with E-state index in [1.807, 2.05) is 110 Å². The highest BCUT2D eigenvalue weighted by Gasteiger charge is 2.29. The molecule has 0 aliphatic rings. The number of aryl methyl sites for hydroxylation is 3. The summed E-state index contributed by atoms with van der Waals surface area (Å²) in [5, 5.41) is 15.4. The van der Waals surface area contributed by atoms with E-state index in [0.29, 0.717) is 66.6 Å². The summed E-state index contributed by atoms with van der Waals surface area (Å²) in [4.78, 5) is 13.2. The lowest BCUT2D eigenvalue weighted by atomic mass is 9.87. The van der Waals surface area contributed by atoms with Crippen LogP contribution in [0.25, 0.3) is 49.8 Å². The quantitative estimate of drug-likeness (QED) is 0.0839. The summed E-state index contributed by atoms with van der Waals surface area (Å²) >= 11 is 0. The van der Waals surface area contributed by atoms with Crippen LogP contribution in [0, 0.1) is 32.4 Å². The molecule has 2 N–H and O–H groups in total. The van der Waals surface area contributed by atoms with Crippen LogP contribution in [0.4, 0.5) is 23.2 Å². The molecule has 96 heavy (non-hydrogen) atoms. The maximum atomic E-state index is 14.7. The van der Waals surface area contributed by atoms with Crippen molar-refractivity contribution in [1.29, 1.82) is 0 Å². The number of para-hydroxylation sites is 1. The van der Waals surface area contributed by atoms with Crippen molar-refractivity contribution in [2.24, 2.45) is 0 Å². The fourth-order valence-electron chi connectivity index (χ4n) is 11.3. The molecule has 6 aromatic carbocycles. The second-order valence-electron chi connectivity index (χ2n) is 26.7. The van der Waals surface area contributed by atoms with Gasteiger partial charge >= 0.3 is 0 Å². The number of nitrogens with zero attached hydrogens (tertiary/aromatic N) is 9. The van der Waals surface area contributed by atoms with Crippen molar-refractivity contribution in [2.45, 2.75) is 138 Å². The number of pyridine rings is 3. The van der Waals surface area contributed by atoms with Gasteiger partial charge in [0.2, 0.25) is 0 Å². The maximum Gasteiger partial charge on any atom is 0.282 e. The first-order valence-corrected chi connectivity index (χ1v) is 35.7. The number of aromatic nitrogens is 9. The second-order valence-corrected chi connectivity index (χ2v) is 32.7. The Kier molecular flexibility index (Phi) is 19.2. The zero-order valence-corrected chi connectivity index (χ0v) is 57.7. The van der Waals surface area contributed by atoms with Crippen LogP contribution >= 0.6 is 0 Å². The number of halogens is 4. The molecule has 0 spiro atoms. The predicted molar refractivity (Wildman–Crippen MR) is 368 cm³/mol. The molecule has 0 atom stereocenters. The fourth-order valence-corrected chi connectivity index (χ4v) is 15.2. The Labute approximate surface area is 556 Å². The number of rotatable bonds is 13. The van der Waals surface area contributed by atoms with E-state index in [0.717, 1.165) is 57.1 Å². The molecular formula is C73H74F4N10O6S3. The molecule has 0 aliphatic heterocycles. The van der Waals surface area contributed by atoms with Crippen molar-refractivity contribution in [1.82, 2.24) is 44.3 Å². The van der Waals surface area contributed by atoms with E-state index in [1.54, 1.807) is 101 Å². The van der Waals surface area contributed by atoms with E-state index in [4.69, 9.17) is 5.73 Å². The van der Waals surface area contributed by atoms with Crippen LogP contribution in [0.2, 0.25) is 0 Å². The van der Waals surface area contributed by atoms with E-state index in [1.165, 1.54) is 22.9 Å². The molecule has 16 nitrogen and oxygen atoms in total. The Morgan fingerprint density at radius 1 is 0.438 bits per heavy atom. The number of alkyl halides is 2. The molecule has 6 heterocycles. The lowest BCUT2D eigenvalue weighted by Gasteiger charge is -2.20. The summed E-state index contributed by atoms with van der Waals surface area (Å²) in [6, 6.07) is 45.2. The summed E-state index contributed by atoms with van der Waals surface area (Å²) in [5.41, 5.74) is 14.5. The van der Waals surface area contributed by atoms with Crippen molar-refractivity contribution < 1.29 is 42.8 Å². The van der Waals surface area contributed by atoms with Gasteiger partial charge in [0.05, 0.1) is 99.7 Å². The van der Waals surface area contributed by atoms with Gasteiger partial charge in [0.15, 0.2) is 29.5 Å². The van der Waals surface area contributed by atoms with E-state index in [2.05, 4.69) is 51.0 Å². The van der Waals surface area contributed by atoms with Crippen LogP contribution in [0.15, 0.2) is 191 Å². The Morgan fingerprint density at radius 3 is 1.44 bits per heavy atom. The number of anilines is 1. The summed E-state index contributed by atoms with van der Waals surface area (Å²) in [6.45, 7) is 23.0. The number of hydrogen-bond acceptors (Lipinski definition) is 13. The molecule has 12 rings (SSSR count). The predicted octanol–water partition coefficient (Wildman–Crippen LogP) is 15.8. The molecule has 0 fully saturated rings. The SMILES string of the molecule is CC(C)(C)c1ccc(S(=O)(=O)Cc2cc(C(F)F)nn2-c2cccc3ncccc23)cc1F.Cc1cc(-n2nc(C)cc2CS(=O)(=O)c2ccc(C(C)(C)C)cc2)c2ccccc2n1.Cc1cc(CS(=O)(=O)c2ccc(C(C)(C)C)c(F)c2)n(-c2ccc(N)c3ncccc23)n1. The molecule has 0 saturated carbocycles. The fraction of sp³-hybridized carbons (Fsp3) is 0.260. The van der Waals surface area contributed by atoms with Crippen molar-refractivity contribution in [3.8, 4) is 17.1 Å². The van der Waals surface area contributed by atoms with Crippen LogP contribution in [0.3, 0.4) is 0 Å². The van der Waals surface area contributed by atoms with Gasteiger partial charge in [0.1, 0.15) is 17.3 Å². The number of hydrogen-bond donors (Lipinski definition) is 1.